The Hall–Kier alpha value is -2.63. The van der Waals surface area contributed by atoms with Gasteiger partial charge < -0.3 is 16.2 Å². The largest absolute Gasteiger partial charge is 0.451 e. The standard InChI is InChI=1S/C15H19N5O/c1-8(2)10-6-18-11(9(3)4)5-12(10)21-13-7-19-15(17)20-14(13)16/h5-8H,3H2,1-2,4H3,(H4,16,17,19,20). The quantitative estimate of drug-likeness (QED) is 0.895. The van der Waals surface area contributed by atoms with Crippen LogP contribution in [0.4, 0.5) is 11.8 Å². The Morgan fingerprint density at radius 2 is 1.90 bits per heavy atom. The topological polar surface area (TPSA) is 99.9 Å². The van der Waals surface area contributed by atoms with Crippen LogP contribution in [0, 0.1) is 0 Å². The van der Waals surface area contributed by atoms with Gasteiger partial charge in [-0.25, -0.2) is 4.98 Å². The van der Waals surface area contributed by atoms with Gasteiger partial charge in [-0.3, -0.25) is 4.98 Å². The summed E-state index contributed by atoms with van der Waals surface area (Å²) in [7, 11) is 0. The molecule has 2 aromatic rings. The molecule has 2 rings (SSSR count). The summed E-state index contributed by atoms with van der Waals surface area (Å²) in [5.41, 5.74) is 13.9. The zero-order valence-electron chi connectivity index (χ0n) is 12.4. The lowest BCUT2D eigenvalue weighted by molar-refractivity contribution is 0.470. The van der Waals surface area contributed by atoms with Crippen LogP contribution in [0.25, 0.3) is 5.57 Å². The minimum absolute atomic E-state index is 0.112. The van der Waals surface area contributed by atoms with Crippen LogP contribution in [-0.4, -0.2) is 15.0 Å². The van der Waals surface area contributed by atoms with Gasteiger partial charge in [0, 0.05) is 17.8 Å². The average molecular weight is 285 g/mol. The van der Waals surface area contributed by atoms with E-state index in [-0.39, 0.29) is 17.7 Å². The summed E-state index contributed by atoms with van der Waals surface area (Å²) < 4.78 is 5.86. The van der Waals surface area contributed by atoms with Crippen LogP contribution in [0.5, 0.6) is 11.5 Å². The number of allylic oxidation sites excluding steroid dienone is 1. The van der Waals surface area contributed by atoms with E-state index in [0.29, 0.717) is 11.5 Å². The molecule has 0 saturated carbocycles. The van der Waals surface area contributed by atoms with E-state index in [1.807, 2.05) is 13.0 Å². The summed E-state index contributed by atoms with van der Waals surface area (Å²) in [6, 6.07) is 1.84. The molecule has 21 heavy (non-hydrogen) atoms. The van der Waals surface area contributed by atoms with Crippen molar-refractivity contribution < 1.29 is 4.74 Å². The van der Waals surface area contributed by atoms with Gasteiger partial charge in [0.05, 0.1) is 11.9 Å². The maximum atomic E-state index is 5.86. The Labute approximate surface area is 123 Å². The summed E-state index contributed by atoms with van der Waals surface area (Å²) in [5, 5.41) is 0. The first kappa shape index (κ1) is 14.8. The number of nitrogen functional groups attached to an aromatic ring is 2. The van der Waals surface area contributed by atoms with Gasteiger partial charge in [0.25, 0.3) is 0 Å². The van der Waals surface area contributed by atoms with Crippen LogP contribution in [-0.2, 0) is 0 Å². The number of hydrogen-bond acceptors (Lipinski definition) is 6. The van der Waals surface area contributed by atoms with E-state index in [1.54, 1.807) is 6.20 Å². The molecule has 0 fully saturated rings. The van der Waals surface area contributed by atoms with E-state index in [4.69, 9.17) is 16.2 Å². The minimum atomic E-state index is 0.112. The number of hydrogen-bond donors (Lipinski definition) is 2. The molecule has 0 radical (unpaired) electrons. The fraction of sp³-hybridized carbons (Fsp3) is 0.267. The predicted octanol–water partition coefficient (Wildman–Crippen LogP) is 2.98. The number of nitrogens with two attached hydrogens (primary N) is 2. The summed E-state index contributed by atoms with van der Waals surface area (Å²) in [4.78, 5) is 12.2. The van der Waals surface area contributed by atoms with E-state index >= 15 is 0 Å². The normalized spacial score (nSPS) is 10.7. The van der Waals surface area contributed by atoms with Crippen molar-refractivity contribution in [3.05, 3.63) is 36.3 Å². The first-order valence-corrected chi connectivity index (χ1v) is 6.60. The highest BCUT2D eigenvalue weighted by molar-refractivity contribution is 5.60. The van der Waals surface area contributed by atoms with Crippen LogP contribution < -0.4 is 16.2 Å². The van der Waals surface area contributed by atoms with Crippen LogP contribution in [0.3, 0.4) is 0 Å². The van der Waals surface area contributed by atoms with Gasteiger partial charge in [0.1, 0.15) is 5.75 Å². The van der Waals surface area contributed by atoms with Crippen LogP contribution in [0.15, 0.2) is 25.0 Å². The molecule has 0 saturated heterocycles. The third kappa shape index (κ3) is 3.28. The van der Waals surface area contributed by atoms with Crippen LogP contribution >= 0.6 is 0 Å². The molecule has 6 nitrogen and oxygen atoms in total. The Morgan fingerprint density at radius 3 is 2.48 bits per heavy atom. The van der Waals surface area contributed by atoms with E-state index in [0.717, 1.165) is 16.8 Å². The summed E-state index contributed by atoms with van der Waals surface area (Å²) in [6.45, 7) is 9.91. The lowest BCUT2D eigenvalue weighted by Gasteiger charge is -2.15. The van der Waals surface area contributed by atoms with Crippen LogP contribution in [0.2, 0.25) is 0 Å². The molecule has 0 aliphatic heterocycles. The van der Waals surface area contributed by atoms with Crippen molar-refractivity contribution in [2.75, 3.05) is 11.5 Å². The molecular weight excluding hydrogens is 266 g/mol. The first-order chi connectivity index (χ1) is 9.88. The second-order valence-corrected chi connectivity index (χ2v) is 5.12. The van der Waals surface area contributed by atoms with Gasteiger partial charge >= 0.3 is 0 Å². The van der Waals surface area contributed by atoms with Crippen molar-refractivity contribution >= 4 is 17.3 Å². The van der Waals surface area contributed by atoms with Crippen molar-refractivity contribution in [1.82, 2.24) is 15.0 Å². The molecule has 0 atom stereocenters. The van der Waals surface area contributed by atoms with Gasteiger partial charge in [0.15, 0.2) is 11.6 Å². The van der Waals surface area contributed by atoms with Gasteiger partial charge in [-0.15, -0.1) is 0 Å². The molecule has 4 N–H and O–H groups in total. The van der Waals surface area contributed by atoms with Crippen molar-refractivity contribution in [2.24, 2.45) is 0 Å². The molecule has 0 aliphatic rings. The summed E-state index contributed by atoms with van der Waals surface area (Å²) in [6.07, 6.45) is 3.25. The second-order valence-electron chi connectivity index (χ2n) is 5.12. The molecule has 2 heterocycles. The SMILES string of the molecule is C=C(C)c1cc(Oc2cnc(N)nc2N)c(C(C)C)cn1. The number of aromatic nitrogens is 3. The zero-order chi connectivity index (χ0) is 15.6. The van der Waals surface area contributed by atoms with Gasteiger partial charge in [-0.05, 0) is 18.4 Å². The van der Waals surface area contributed by atoms with E-state index < -0.39 is 0 Å². The van der Waals surface area contributed by atoms with Gasteiger partial charge in [0.2, 0.25) is 5.95 Å². The molecule has 0 unspecified atom stereocenters. The monoisotopic (exact) mass is 285 g/mol. The highest BCUT2D eigenvalue weighted by Gasteiger charge is 2.13. The van der Waals surface area contributed by atoms with E-state index in [2.05, 4.69) is 35.4 Å². The fourth-order valence-electron chi connectivity index (χ4n) is 1.80. The zero-order valence-corrected chi connectivity index (χ0v) is 12.4. The average Bonchev–Trinajstić information content (AvgIpc) is 2.41. The highest BCUT2D eigenvalue weighted by atomic mass is 16.5. The molecule has 0 aromatic carbocycles. The van der Waals surface area contributed by atoms with Crippen molar-refractivity contribution in [1.29, 1.82) is 0 Å². The van der Waals surface area contributed by atoms with Crippen molar-refractivity contribution in [3.8, 4) is 11.5 Å². The lowest BCUT2D eigenvalue weighted by Crippen LogP contribution is -2.03. The molecule has 0 bridgehead atoms. The van der Waals surface area contributed by atoms with Gasteiger partial charge in [-0.2, -0.15) is 4.98 Å². The fourth-order valence-corrected chi connectivity index (χ4v) is 1.80. The van der Waals surface area contributed by atoms with E-state index in [9.17, 15) is 0 Å². The molecule has 110 valence electrons. The number of nitrogens with zero attached hydrogens (tertiary/aromatic N) is 3. The number of ether oxygens (including phenoxy) is 1. The summed E-state index contributed by atoms with van der Waals surface area (Å²) >= 11 is 0. The molecular formula is C15H19N5O. The maximum absolute atomic E-state index is 5.86. The minimum Gasteiger partial charge on any atom is -0.451 e. The number of anilines is 2. The predicted molar refractivity (Wildman–Crippen MR) is 84.0 cm³/mol. The highest BCUT2D eigenvalue weighted by Crippen LogP contribution is 2.33. The number of rotatable bonds is 4. The molecule has 0 aliphatic carbocycles. The second kappa shape index (κ2) is 5.78. The Balaban J connectivity index is 2.45. The molecule has 2 aromatic heterocycles. The number of pyridine rings is 1. The van der Waals surface area contributed by atoms with Crippen molar-refractivity contribution in [2.45, 2.75) is 26.7 Å². The Morgan fingerprint density at radius 1 is 1.19 bits per heavy atom. The lowest BCUT2D eigenvalue weighted by atomic mass is 10.0. The Kier molecular flexibility index (Phi) is 4.07. The molecule has 6 heteroatoms. The Bertz CT molecular complexity index is 682. The van der Waals surface area contributed by atoms with Crippen LogP contribution in [0.1, 0.15) is 37.9 Å². The maximum Gasteiger partial charge on any atom is 0.222 e. The third-order valence-corrected chi connectivity index (χ3v) is 2.98. The smallest absolute Gasteiger partial charge is 0.222 e. The van der Waals surface area contributed by atoms with E-state index in [1.165, 1.54) is 6.20 Å². The third-order valence-electron chi connectivity index (χ3n) is 2.98. The summed E-state index contributed by atoms with van der Waals surface area (Å²) in [5.74, 6) is 1.60. The van der Waals surface area contributed by atoms with Gasteiger partial charge in [-0.1, -0.05) is 20.4 Å². The molecule has 0 amide bonds. The van der Waals surface area contributed by atoms with Crippen molar-refractivity contribution in [3.63, 3.8) is 0 Å². The first-order valence-electron chi connectivity index (χ1n) is 6.60. The molecule has 0 spiro atoms.